The van der Waals surface area contributed by atoms with E-state index in [0.717, 1.165) is 24.3 Å². The summed E-state index contributed by atoms with van der Waals surface area (Å²) in [5.41, 5.74) is 0. The Labute approximate surface area is 126 Å². The molecule has 3 rings (SSSR count). The Morgan fingerprint density at radius 2 is 2.48 bits per heavy atom. The third-order valence-electron chi connectivity index (χ3n) is 3.47. The maximum Gasteiger partial charge on any atom is 0.409 e. The van der Waals surface area contributed by atoms with E-state index >= 15 is 0 Å². The quantitative estimate of drug-likeness (QED) is 0.871. The van der Waals surface area contributed by atoms with Crippen LogP contribution in [0, 0.1) is 0 Å². The van der Waals surface area contributed by atoms with E-state index in [0.29, 0.717) is 24.9 Å². The molecule has 112 valence electrons. The summed E-state index contributed by atoms with van der Waals surface area (Å²) in [5.74, 6) is 1.24. The predicted octanol–water partition coefficient (Wildman–Crippen LogP) is 3.13. The zero-order valence-corrected chi connectivity index (χ0v) is 12.6. The van der Waals surface area contributed by atoms with Crippen molar-refractivity contribution in [2.75, 3.05) is 19.7 Å². The first-order chi connectivity index (χ1) is 10.3. The number of piperidine rings is 1. The molecule has 2 aromatic heterocycles. The van der Waals surface area contributed by atoms with E-state index in [2.05, 4.69) is 10.2 Å². The van der Waals surface area contributed by atoms with Gasteiger partial charge in [0.2, 0.25) is 5.89 Å². The monoisotopic (exact) mass is 307 g/mol. The number of amides is 1. The molecule has 1 unspecified atom stereocenters. The molecule has 1 fully saturated rings. The normalized spacial score (nSPS) is 18.7. The number of ether oxygens (including phenoxy) is 1. The van der Waals surface area contributed by atoms with Gasteiger partial charge in [-0.1, -0.05) is 6.07 Å². The summed E-state index contributed by atoms with van der Waals surface area (Å²) in [6.07, 6.45) is 1.60. The second-order valence-corrected chi connectivity index (χ2v) is 5.85. The first-order valence-corrected chi connectivity index (χ1v) is 7.95. The highest BCUT2D eigenvalue weighted by Gasteiger charge is 2.29. The lowest BCUT2D eigenvalue weighted by molar-refractivity contribution is 0.0937. The van der Waals surface area contributed by atoms with Crippen LogP contribution < -0.4 is 0 Å². The fourth-order valence-corrected chi connectivity index (χ4v) is 3.10. The fourth-order valence-electron chi connectivity index (χ4n) is 2.46. The first kappa shape index (κ1) is 14.1. The molecule has 1 amide bonds. The molecule has 2 aromatic rings. The highest BCUT2D eigenvalue weighted by Crippen LogP contribution is 2.30. The van der Waals surface area contributed by atoms with Crippen LogP contribution in [-0.2, 0) is 4.74 Å². The lowest BCUT2D eigenvalue weighted by Gasteiger charge is -2.30. The van der Waals surface area contributed by atoms with E-state index in [1.165, 1.54) is 0 Å². The van der Waals surface area contributed by atoms with E-state index in [9.17, 15) is 4.79 Å². The molecule has 6 nitrogen and oxygen atoms in total. The van der Waals surface area contributed by atoms with Gasteiger partial charge in [0.25, 0.3) is 5.89 Å². The summed E-state index contributed by atoms with van der Waals surface area (Å²) in [4.78, 5) is 14.5. The maximum absolute atomic E-state index is 11.8. The Bertz CT molecular complexity index is 596. The van der Waals surface area contributed by atoms with Crippen molar-refractivity contribution in [2.45, 2.75) is 25.7 Å². The van der Waals surface area contributed by atoms with Crippen molar-refractivity contribution in [2.24, 2.45) is 0 Å². The molecule has 21 heavy (non-hydrogen) atoms. The van der Waals surface area contributed by atoms with Gasteiger partial charge in [-0.25, -0.2) is 4.79 Å². The van der Waals surface area contributed by atoms with Gasteiger partial charge in [0.1, 0.15) is 0 Å². The van der Waals surface area contributed by atoms with Crippen molar-refractivity contribution in [3.05, 3.63) is 23.4 Å². The van der Waals surface area contributed by atoms with Gasteiger partial charge in [0.15, 0.2) is 0 Å². The van der Waals surface area contributed by atoms with Crippen molar-refractivity contribution in [1.82, 2.24) is 15.1 Å². The summed E-state index contributed by atoms with van der Waals surface area (Å²) in [7, 11) is 0. The molecule has 0 radical (unpaired) electrons. The number of nitrogens with zero attached hydrogens (tertiary/aromatic N) is 3. The van der Waals surface area contributed by atoms with Gasteiger partial charge in [-0.2, -0.15) is 0 Å². The number of carbonyl (C=O) groups is 1. The van der Waals surface area contributed by atoms with Crippen LogP contribution in [0.25, 0.3) is 10.8 Å². The topological polar surface area (TPSA) is 68.5 Å². The van der Waals surface area contributed by atoms with Gasteiger partial charge in [-0.15, -0.1) is 21.5 Å². The molecule has 3 heterocycles. The van der Waals surface area contributed by atoms with Gasteiger partial charge in [-0.05, 0) is 31.2 Å². The third-order valence-corrected chi connectivity index (χ3v) is 4.33. The molecule has 0 spiro atoms. The third kappa shape index (κ3) is 3.07. The Kier molecular flexibility index (Phi) is 4.19. The molecule has 0 aromatic carbocycles. The molecule has 1 saturated heterocycles. The molecule has 0 saturated carbocycles. The maximum atomic E-state index is 11.8. The summed E-state index contributed by atoms with van der Waals surface area (Å²) < 4.78 is 10.8. The van der Waals surface area contributed by atoms with Crippen LogP contribution in [0.3, 0.4) is 0 Å². The number of thiophene rings is 1. The zero-order valence-electron chi connectivity index (χ0n) is 11.8. The number of hydrogen-bond donors (Lipinski definition) is 0. The van der Waals surface area contributed by atoms with Gasteiger partial charge in [-0.3, -0.25) is 0 Å². The van der Waals surface area contributed by atoms with Crippen molar-refractivity contribution in [3.63, 3.8) is 0 Å². The van der Waals surface area contributed by atoms with E-state index in [1.807, 2.05) is 24.4 Å². The largest absolute Gasteiger partial charge is 0.450 e. The Morgan fingerprint density at radius 1 is 1.57 bits per heavy atom. The molecule has 0 aliphatic carbocycles. The first-order valence-electron chi connectivity index (χ1n) is 7.07. The van der Waals surface area contributed by atoms with Gasteiger partial charge < -0.3 is 14.1 Å². The highest BCUT2D eigenvalue weighted by molar-refractivity contribution is 7.13. The number of aromatic nitrogens is 2. The number of likely N-dealkylation sites (tertiary alicyclic amines) is 1. The lowest BCUT2D eigenvalue weighted by Crippen LogP contribution is -2.39. The molecule has 7 heteroatoms. The SMILES string of the molecule is CCOC(=O)N1CCCC(c2nnc(-c3cccs3)o2)C1. The smallest absolute Gasteiger partial charge is 0.409 e. The van der Waals surface area contributed by atoms with Crippen LogP contribution in [0.1, 0.15) is 31.6 Å². The zero-order chi connectivity index (χ0) is 14.7. The number of carbonyl (C=O) groups excluding carboxylic acids is 1. The molecule has 1 aliphatic rings. The van der Waals surface area contributed by atoms with Crippen LogP contribution in [0.4, 0.5) is 4.79 Å². The molecule has 1 aliphatic heterocycles. The fraction of sp³-hybridized carbons (Fsp3) is 0.500. The number of hydrogen-bond acceptors (Lipinski definition) is 6. The van der Waals surface area contributed by atoms with Crippen LogP contribution in [0.5, 0.6) is 0 Å². The van der Waals surface area contributed by atoms with Crippen molar-refractivity contribution >= 4 is 17.4 Å². The molecule has 1 atom stereocenters. The minimum atomic E-state index is -0.264. The average Bonchev–Trinajstić information content (AvgIpc) is 3.18. The van der Waals surface area contributed by atoms with E-state index in [4.69, 9.17) is 9.15 Å². The number of rotatable bonds is 3. The minimum absolute atomic E-state index is 0.0874. The van der Waals surface area contributed by atoms with Crippen LogP contribution >= 0.6 is 11.3 Å². The van der Waals surface area contributed by atoms with E-state index in [-0.39, 0.29) is 12.0 Å². The van der Waals surface area contributed by atoms with Crippen LogP contribution in [0.15, 0.2) is 21.9 Å². The molecular formula is C14H17N3O3S. The van der Waals surface area contributed by atoms with Crippen molar-refractivity contribution in [1.29, 1.82) is 0 Å². The summed E-state index contributed by atoms with van der Waals surface area (Å²) in [6.45, 7) is 3.50. The van der Waals surface area contributed by atoms with Gasteiger partial charge in [0.05, 0.1) is 17.4 Å². The molecule has 0 N–H and O–H groups in total. The van der Waals surface area contributed by atoms with Crippen molar-refractivity contribution in [3.8, 4) is 10.8 Å². The van der Waals surface area contributed by atoms with Gasteiger partial charge in [0, 0.05) is 13.1 Å². The minimum Gasteiger partial charge on any atom is -0.450 e. The summed E-state index contributed by atoms with van der Waals surface area (Å²) in [6, 6.07) is 3.90. The summed E-state index contributed by atoms with van der Waals surface area (Å²) in [5, 5.41) is 10.2. The summed E-state index contributed by atoms with van der Waals surface area (Å²) >= 11 is 1.57. The van der Waals surface area contributed by atoms with E-state index in [1.54, 1.807) is 16.2 Å². The Balaban J connectivity index is 1.70. The lowest BCUT2D eigenvalue weighted by atomic mass is 9.98. The second-order valence-electron chi connectivity index (χ2n) is 4.91. The predicted molar refractivity (Wildman–Crippen MR) is 78.2 cm³/mol. The Hall–Kier alpha value is -1.89. The van der Waals surface area contributed by atoms with E-state index < -0.39 is 0 Å². The van der Waals surface area contributed by atoms with Crippen LogP contribution in [-0.4, -0.2) is 40.9 Å². The molecule has 0 bridgehead atoms. The second kappa shape index (κ2) is 6.26. The molecular weight excluding hydrogens is 290 g/mol. The van der Waals surface area contributed by atoms with Gasteiger partial charge >= 0.3 is 6.09 Å². The van der Waals surface area contributed by atoms with Crippen molar-refractivity contribution < 1.29 is 13.9 Å². The Morgan fingerprint density at radius 3 is 3.24 bits per heavy atom. The average molecular weight is 307 g/mol. The standard InChI is InChI=1S/C14H17N3O3S/c1-2-19-14(18)17-7-3-5-10(9-17)12-15-16-13(20-12)11-6-4-8-21-11/h4,6,8,10H,2-3,5,7,9H2,1H3. The highest BCUT2D eigenvalue weighted by atomic mass is 32.1. The van der Waals surface area contributed by atoms with Crippen LogP contribution in [0.2, 0.25) is 0 Å².